The van der Waals surface area contributed by atoms with Crippen LogP contribution in [0.4, 0.5) is 0 Å². The Morgan fingerprint density at radius 1 is 0.356 bits per heavy atom. The van der Waals surface area contributed by atoms with Gasteiger partial charge in [-0.1, -0.05) is 170 Å². The van der Waals surface area contributed by atoms with Gasteiger partial charge in [-0.15, -0.1) is 0 Å². The Kier molecular flexibility index (Phi) is 44.5. The van der Waals surface area contributed by atoms with Gasteiger partial charge in [0.15, 0.2) is 6.10 Å². The van der Waals surface area contributed by atoms with Crippen LogP contribution in [0, 0.1) is 0 Å². The summed E-state index contributed by atoms with van der Waals surface area (Å²) < 4.78 is 16.7. The van der Waals surface area contributed by atoms with E-state index < -0.39 is 6.10 Å². The number of carbonyl (C=O) groups excluding carboxylic acids is 3. The Labute approximate surface area is 363 Å². The molecule has 0 fully saturated rings. The van der Waals surface area contributed by atoms with Gasteiger partial charge in [0.2, 0.25) is 0 Å². The highest BCUT2D eigenvalue weighted by atomic mass is 16.6. The van der Waals surface area contributed by atoms with Gasteiger partial charge in [-0.3, -0.25) is 14.4 Å². The maximum Gasteiger partial charge on any atom is 0.306 e. The second-order valence-corrected chi connectivity index (χ2v) is 15.6. The lowest BCUT2D eigenvalue weighted by Crippen LogP contribution is -2.30. The maximum atomic E-state index is 12.7. The van der Waals surface area contributed by atoms with Crippen LogP contribution in [0.1, 0.15) is 213 Å². The molecule has 0 aliphatic carbocycles. The molecule has 59 heavy (non-hydrogen) atoms. The van der Waals surface area contributed by atoms with Crippen LogP contribution in [0.15, 0.2) is 85.1 Å². The standard InChI is InChI=1S/C53H88O6/c1-4-7-10-13-16-19-22-25-27-29-31-34-37-40-43-46-52(55)58-49-50(48-57-51(54)45-42-39-36-33-30-24-21-18-15-12-9-6-3)59-53(56)47-44-41-38-35-32-28-26-23-20-17-14-11-8-5-2/h7,10,14,16-19,21,23,25-27,31,34,50H,4-6,8-9,11-13,15,20,22,24,28-30,32-33,35-49H2,1-3H3/b10-7-,17-14-,19-16-,21-18-,26-23-,27-25-,34-31-/t50-/m1/s1. The van der Waals surface area contributed by atoms with Crippen LogP contribution in [0.2, 0.25) is 0 Å². The van der Waals surface area contributed by atoms with Gasteiger partial charge < -0.3 is 14.2 Å². The Bertz CT molecular complexity index is 1170. The van der Waals surface area contributed by atoms with Crippen molar-refractivity contribution in [1.29, 1.82) is 0 Å². The van der Waals surface area contributed by atoms with E-state index in [0.29, 0.717) is 19.3 Å². The molecule has 0 saturated carbocycles. The van der Waals surface area contributed by atoms with Crippen molar-refractivity contribution in [3.63, 3.8) is 0 Å². The first-order chi connectivity index (χ1) is 29.0. The van der Waals surface area contributed by atoms with Gasteiger partial charge in [0.05, 0.1) is 0 Å². The second kappa shape index (κ2) is 47.3. The monoisotopic (exact) mass is 821 g/mol. The molecule has 0 aliphatic rings. The summed E-state index contributed by atoms with van der Waals surface area (Å²) in [6.07, 6.45) is 59.9. The van der Waals surface area contributed by atoms with Crippen molar-refractivity contribution < 1.29 is 28.6 Å². The minimum absolute atomic E-state index is 0.101. The molecule has 0 aliphatic heterocycles. The average molecular weight is 821 g/mol. The van der Waals surface area contributed by atoms with Crippen molar-refractivity contribution >= 4 is 17.9 Å². The minimum Gasteiger partial charge on any atom is -0.462 e. The molecule has 6 heteroatoms. The SMILES string of the molecule is CC/C=C\C/C=C\C/C=C\C/C=C\CCCCC(=O)OC[C@@H](COC(=O)CCCCCCC/C=C\CCCCC)OC(=O)CCCCCCC/C=C\C/C=C\CCCC. The zero-order valence-electron chi connectivity index (χ0n) is 38.2. The molecule has 336 valence electrons. The molecular formula is C53H88O6. The molecule has 0 heterocycles. The van der Waals surface area contributed by atoms with Crippen molar-refractivity contribution in [1.82, 2.24) is 0 Å². The quantitative estimate of drug-likeness (QED) is 0.0264. The van der Waals surface area contributed by atoms with Gasteiger partial charge in [-0.2, -0.15) is 0 Å². The second-order valence-electron chi connectivity index (χ2n) is 15.6. The largest absolute Gasteiger partial charge is 0.462 e. The van der Waals surface area contributed by atoms with Crippen LogP contribution in [0.25, 0.3) is 0 Å². The topological polar surface area (TPSA) is 78.9 Å². The van der Waals surface area contributed by atoms with E-state index in [-0.39, 0.29) is 31.1 Å². The Hall–Kier alpha value is -3.41. The fourth-order valence-corrected chi connectivity index (χ4v) is 6.21. The van der Waals surface area contributed by atoms with E-state index in [1.165, 1.54) is 51.4 Å². The summed E-state index contributed by atoms with van der Waals surface area (Å²) in [7, 11) is 0. The van der Waals surface area contributed by atoms with Crippen molar-refractivity contribution in [3.05, 3.63) is 85.1 Å². The van der Waals surface area contributed by atoms with E-state index in [1.54, 1.807) is 0 Å². The number of esters is 3. The van der Waals surface area contributed by atoms with Crippen molar-refractivity contribution in [3.8, 4) is 0 Å². The van der Waals surface area contributed by atoms with Gasteiger partial charge in [-0.25, -0.2) is 0 Å². The number of allylic oxidation sites excluding steroid dienone is 14. The summed E-state index contributed by atoms with van der Waals surface area (Å²) in [6.45, 7) is 6.38. The molecule has 0 radical (unpaired) electrons. The Balaban J connectivity index is 4.50. The van der Waals surface area contributed by atoms with Gasteiger partial charge in [0.25, 0.3) is 0 Å². The Morgan fingerprint density at radius 2 is 0.678 bits per heavy atom. The zero-order valence-corrected chi connectivity index (χ0v) is 38.2. The van der Waals surface area contributed by atoms with E-state index in [9.17, 15) is 14.4 Å². The van der Waals surface area contributed by atoms with E-state index in [0.717, 1.165) is 122 Å². The highest BCUT2D eigenvalue weighted by Gasteiger charge is 2.19. The predicted octanol–water partition coefficient (Wildman–Crippen LogP) is 15.6. The van der Waals surface area contributed by atoms with E-state index in [1.807, 2.05) is 0 Å². The normalized spacial score (nSPS) is 12.8. The average Bonchev–Trinajstić information content (AvgIpc) is 3.23. The molecular weight excluding hydrogens is 733 g/mol. The predicted molar refractivity (Wildman–Crippen MR) is 251 cm³/mol. The third-order valence-corrected chi connectivity index (χ3v) is 9.85. The van der Waals surface area contributed by atoms with Gasteiger partial charge >= 0.3 is 17.9 Å². The van der Waals surface area contributed by atoms with Crippen molar-refractivity contribution in [2.24, 2.45) is 0 Å². The molecule has 0 spiro atoms. The van der Waals surface area contributed by atoms with Gasteiger partial charge in [-0.05, 0) is 109 Å². The third kappa shape index (κ3) is 45.5. The fourth-order valence-electron chi connectivity index (χ4n) is 6.21. The highest BCUT2D eigenvalue weighted by Crippen LogP contribution is 2.12. The molecule has 0 N–H and O–H groups in total. The van der Waals surface area contributed by atoms with Crippen LogP contribution in [-0.2, 0) is 28.6 Å². The summed E-state index contributed by atoms with van der Waals surface area (Å²) in [6, 6.07) is 0. The van der Waals surface area contributed by atoms with Crippen LogP contribution in [0.5, 0.6) is 0 Å². The number of rotatable bonds is 42. The molecule has 0 amide bonds. The third-order valence-electron chi connectivity index (χ3n) is 9.85. The fraction of sp³-hybridized carbons (Fsp3) is 0.679. The lowest BCUT2D eigenvalue weighted by molar-refractivity contribution is -0.167. The smallest absolute Gasteiger partial charge is 0.306 e. The molecule has 0 saturated heterocycles. The lowest BCUT2D eigenvalue weighted by Gasteiger charge is -2.18. The minimum atomic E-state index is -0.803. The van der Waals surface area contributed by atoms with Crippen LogP contribution in [-0.4, -0.2) is 37.2 Å². The molecule has 0 bridgehead atoms. The van der Waals surface area contributed by atoms with Crippen LogP contribution >= 0.6 is 0 Å². The summed E-state index contributed by atoms with van der Waals surface area (Å²) in [5.41, 5.74) is 0. The summed E-state index contributed by atoms with van der Waals surface area (Å²) in [4.78, 5) is 37.8. The number of unbranched alkanes of at least 4 members (excludes halogenated alkanes) is 17. The summed E-state index contributed by atoms with van der Waals surface area (Å²) in [5.74, 6) is -0.972. The van der Waals surface area contributed by atoms with Gasteiger partial charge in [0.1, 0.15) is 13.2 Å². The Morgan fingerprint density at radius 3 is 1.14 bits per heavy atom. The molecule has 0 aromatic heterocycles. The number of carbonyl (C=O) groups is 3. The molecule has 0 aromatic carbocycles. The molecule has 1 atom stereocenters. The molecule has 0 rings (SSSR count). The highest BCUT2D eigenvalue weighted by molar-refractivity contribution is 5.71. The van der Waals surface area contributed by atoms with Gasteiger partial charge in [0, 0.05) is 19.3 Å². The number of hydrogen-bond acceptors (Lipinski definition) is 6. The van der Waals surface area contributed by atoms with E-state index in [2.05, 4.69) is 106 Å². The molecule has 6 nitrogen and oxygen atoms in total. The van der Waals surface area contributed by atoms with E-state index >= 15 is 0 Å². The molecule has 0 aromatic rings. The first kappa shape index (κ1) is 55.6. The maximum absolute atomic E-state index is 12.7. The number of hydrogen-bond donors (Lipinski definition) is 0. The van der Waals surface area contributed by atoms with E-state index in [4.69, 9.17) is 14.2 Å². The number of ether oxygens (including phenoxy) is 3. The van der Waals surface area contributed by atoms with Crippen molar-refractivity contribution in [2.45, 2.75) is 219 Å². The summed E-state index contributed by atoms with van der Waals surface area (Å²) >= 11 is 0. The molecule has 0 unspecified atom stereocenters. The first-order valence-electron chi connectivity index (χ1n) is 24.1. The van der Waals surface area contributed by atoms with Crippen molar-refractivity contribution in [2.75, 3.05) is 13.2 Å². The zero-order chi connectivity index (χ0) is 43.0. The van der Waals surface area contributed by atoms with Crippen LogP contribution in [0.3, 0.4) is 0 Å². The summed E-state index contributed by atoms with van der Waals surface area (Å²) in [5, 5.41) is 0. The first-order valence-corrected chi connectivity index (χ1v) is 24.1. The van der Waals surface area contributed by atoms with Crippen LogP contribution < -0.4 is 0 Å². The lowest BCUT2D eigenvalue weighted by atomic mass is 10.1.